The third-order valence-corrected chi connectivity index (χ3v) is 5.83. The average Bonchev–Trinajstić information content (AvgIpc) is 3.22. The monoisotopic (exact) mass is 427 g/mol. The number of hydrogen-bond acceptors (Lipinski definition) is 8. The van der Waals surface area contributed by atoms with Gasteiger partial charge in [-0.15, -0.1) is 0 Å². The summed E-state index contributed by atoms with van der Waals surface area (Å²) in [6.45, 7) is 1.16. The molecule has 0 saturated heterocycles. The SMILES string of the molecule is CNCCCOc1sncc1N1C(C(N)=O)=C(N)SC1c1c(F)cccc1F. The fourth-order valence-electron chi connectivity index (χ4n) is 2.78. The second-order valence-electron chi connectivity index (χ2n) is 5.86. The van der Waals surface area contributed by atoms with E-state index in [0.29, 0.717) is 17.4 Å². The van der Waals surface area contributed by atoms with E-state index in [1.807, 2.05) is 7.05 Å². The summed E-state index contributed by atoms with van der Waals surface area (Å²) < 4.78 is 38.8. The molecule has 0 spiro atoms. The molecule has 1 amide bonds. The summed E-state index contributed by atoms with van der Waals surface area (Å²) in [4.78, 5) is 13.4. The van der Waals surface area contributed by atoms with Crippen LogP contribution in [0.2, 0.25) is 0 Å². The van der Waals surface area contributed by atoms with Crippen molar-refractivity contribution in [2.24, 2.45) is 11.5 Å². The van der Waals surface area contributed by atoms with E-state index in [1.54, 1.807) is 0 Å². The lowest BCUT2D eigenvalue weighted by atomic mass is 10.1. The highest BCUT2D eigenvalue weighted by molar-refractivity contribution is 8.03. The van der Waals surface area contributed by atoms with Gasteiger partial charge in [-0.3, -0.25) is 4.79 Å². The number of carbonyl (C=O) groups is 1. The molecule has 1 aromatic carbocycles. The summed E-state index contributed by atoms with van der Waals surface area (Å²) in [5.74, 6) is -2.31. The number of carbonyl (C=O) groups excluding carboxylic acids is 1. The molecule has 1 aromatic heterocycles. The van der Waals surface area contributed by atoms with Crippen LogP contribution in [0, 0.1) is 11.6 Å². The molecule has 0 fully saturated rings. The number of halogens is 2. The quantitative estimate of drug-likeness (QED) is 0.555. The fraction of sp³-hybridized carbons (Fsp3) is 0.294. The molecule has 150 valence electrons. The van der Waals surface area contributed by atoms with E-state index in [4.69, 9.17) is 16.2 Å². The number of hydrogen-bond donors (Lipinski definition) is 3. The highest BCUT2D eigenvalue weighted by atomic mass is 32.2. The van der Waals surface area contributed by atoms with Gasteiger partial charge in [-0.2, -0.15) is 4.37 Å². The third-order valence-electron chi connectivity index (χ3n) is 4.01. The second-order valence-corrected chi connectivity index (χ2v) is 7.74. The van der Waals surface area contributed by atoms with Crippen molar-refractivity contribution in [2.75, 3.05) is 25.1 Å². The Morgan fingerprint density at radius 1 is 1.39 bits per heavy atom. The van der Waals surface area contributed by atoms with Gasteiger partial charge in [-0.1, -0.05) is 17.8 Å². The number of benzene rings is 1. The van der Waals surface area contributed by atoms with E-state index in [2.05, 4.69) is 9.69 Å². The van der Waals surface area contributed by atoms with Crippen molar-refractivity contribution in [1.82, 2.24) is 9.69 Å². The van der Waals surface area contributed by atoms with E-state index in [0.717, 1.165) is 48.4 Å². The molecule has 1 atom stereocenters. The Kier molecular flexibility index (Phi) is 6.37. The normalized spacial score (nSPS) is 16.7. The van der Waals surface area contributed by atoms with Gasteiger partial charge in [0.2, 0.25) is 5.06 Å². The first-order chi connectivity index (χ1) is 13.5. The van der Waals surface area contributed by atoms with Crippen LogP contribution in [0.1, 0.15) is 17.4 Å². The van der Waals surface area contributed by atoms with Crippen LogP contribution in [0.4, 0.5) is 14.5 Å². The molecule has 2 heterocycles. The van der Waals surface area contributed by atoms with E-state index in [1.165, 1.54) is 17.2 Å². The lowest BCUT2D eigenvalue weighted by Crippen LogP contribution is -2.32. The summed E-state index contributed by atoms with van der Waals surface area (Å²) >= 11 is 2.01. The van der Waals surface area contributed by atoms with Crippen LogP contribution in [0.25, 0.3) is 0 Å². The highest BCUT2D eigenvalue weighted by Crippen LogP contribution is 2.52. The van der Waals surface area contributed by atoms with Gasteiger partial charge in [0.15, 0.2) is 0 Å². The molecular formula is C17H19F2N5O2S2. The molecule has 7 nitrogen and oxygen atoms in total. The van der Waals surface area contributed by atoms with Crippen LogP contribution in [0.15, 0.2) is 35.1 Å². The Morgan fingerprint density at radius 2 is 2.11 bits per heavy atom. The second kappa shape index (κ2) is 8.76. The van der Waals surface area contributed by atoms with Crippen molar-refractivity contribution >= 4 is 34.9 Å². The number of aromatic nitrogens is 1. The van der Waals surface area contributed by atoms with E-state index >= 15 is 0 Å². The standard InChI is InChI=1S/C17H19F2N5O2S2/c1-22-6-3-7-26-17-11(8-23-28-17)24-13(14(20)25)15(21)27-16(24)12-9(18)4-2-5-10(12)19/h2,4-5,8,16,22H,3,6-7,21H2,1H3,(H2,20,25). The molecule has 0 radical (unpaired) electrons. The zero-order chi connectivity index (χ0) is 20.3. The van der Waals surface area contributed by atoms with E-state index in [9.17, 15) is 13.6 Å². The minimum Gasteiger partial charge on any atom is -0.481 e. The van der Waals surface area contributed by atoms with Crippen molar-refractivity contribution in [2.45, 2.75) is 11.8 Å². The maximum Gasteiger partial charge on any atom is 0.268 e. The number of thioether (sulfide) groups is 1. The van der Waals surface area contributed by atoms with Gasteiger partial charge in [-0.05, 0) is 32.1 Å². The molecule has 5 N–H and O–H groups in total. The van der Waals surface area contributed by atoms with Crippen LogP contribution >= 0.6 is 23.3 Å². The largest absolute Gasteiger partial charge is 0.481 e. The number of primary amides is 1. The van der Waals surface area contributed by atoms with Gasteiger partial charge in [0, 0.05) is 11.5 Å². The molecule has 3 rings (SSSR count). The van der Waals surface area contributed by atoms with Crippen molar-refractivity contribution in [3.8, 4) is 5.06 Å². The molecule has 0 aliphatic carbocycles. The zero-order valence-corrected chi connectivity index (χ0v) is 16.6. The fourth-order valence-corrected chi connectivity index (χ4v) is 4.63. The number of rotatable bonds is 8. The number of amides is 1. The molecule has 0 saturated carbocycles. The minimum absolute atomic E-state index is 0.0436. The van der Waals surface area contributed by atoms with Crippen molar-refractivity contribution < 1.29 is 18.3 Å². The smallest absolute Gasteiger partial charge is 0.268 e. The lowest BCUT2D eigenvalue weighted by molar-refractivity contribution is -0.114. The van der Waals surface area contributed by atoms with Gasteiger partial charge in [-0.25, -0.2) is 8.78 Å². The number of nitrogens with two attached hydrogens (primary N) is 2. The van der Waals surface area contributed by atoms with Gasteiger partial charge >= 0.3 is 0 Å². The predicted molar refractivity (Wildman–Crippen MR) is 106 cm³/mol. The van der Waals surface area contributed by atoms with Crippen LogP contribution in [-0.4, -0.2) is 30.5 Å². The average molecular weight is 428 g/mol. The molecule has 1 aliphatic rings. The Bertz CT molecular complexity index is 885. The first-order valence-electron chi connectivity index (χ1n) is 8.37. The van der Waals surface area contributed by atoms with Gasteiger partial charge in [0.1, 0.15) is 28.4 Å². The van der Waals surface area contributed by atoms with E-state index in [-0.39, 0.29) is 16.3 Å². The Balaban J connectivity index is 2.01. The van der Waals surface area contributed by atoms with Crippen molar-refractivity contribution in [3.63, 3.8) is 0 Å². The van der Waals surface area contributed by atoms with Crippen LogP contribution < -0.4 is 26.4 Å². The molecule has 11 heteroatoms. The summed E-state index contributed by atoms with van der Waals surface area (Å²) in [5.41, 5.74) is 11.6. The molecular weight excluding hydrogens is 408 g/mol. The molecule has 0 bridgehead atoms. The summed E-state index contributed by atoms with van der Waals surface area (Å²) in [5, 5.41) is 2.54. The van der Waals surface area contributed by atoms with Crippen LogP contribution in [0.3, 0.4) is 0 Å². The molecule has 28 heavy (non-hydrogen) atoms. The third kappa shape index (κ3) is 3.91. The number of nitrogens with zero attached hydrogens (tertiary/aromatic N) is 2. The number of anilines is 1. The minimum atomic E-state index is -0.959. The maximum atomic E-state index is 14.5. The lowest BCUT2D eigenvalue weighted by Gasteiger charge is -2.27. The highest BCUT2D eigenvalue weighted by Gasteiger charge is 2.41. The number of nitrogens with one attached hydrogen (secondary N) is 1. The Labute approximate surface area is 168 Å². The van der Waals surface area contributed by atoms with Crippen LogP contribution in [0.5, 0.6) is 5.06 Å². The summed E-state index contributed by atoms with van der Waals surface area (Å²) in [7, 11) is 1.83. The number of ether oxygens (including phenoxy) is 1. The first kappa shape index (κ1) is 20.4. The molecule has 1 unspecified atom stereocenters. The zero-order valence-electron chi connectivity index (χ0n) is 14.9. The maximum absolute atomic E-state index is 14.5. The summed E-state index contributed by atoms with van der Waals surface area (Å²) in [6, 6.07) is 3.57. The summed E-state index contributed by atoms with van der Waals surface area (Å²) in [6.07, 6.45) is 2.21. The van der Waals surface area contributed by atoms with Gasteiger partial charge < -0.3 is 26.4 Å². The van der Waals surface area contributed by atoms with E-state index < -0.39 is 22.9 Å². The molecule has 1 aliphatic heterocycles. The van der Waals surface area contributed by atoms with Gasteiger partial charge in [0.05, 0.1) is 23.4 Å². The van der Waals surface area contributed by atoms with Crippen LogP contribution in [-0.2, 0) is 4.79 Å². The predicted octanol–water partition coefficient (Wildman–Crippen LogP) is 2.27. The van der Waals surface area contributed by atoms with Gasteiger partial charge in [0.25, 0.3) is 5.91 Å². The molecule has 2 aromatic rings. The first-order valence-corrected chi connectivity index (χ1v) is 10.0. The topological polar surface area (TPSA) is 106 Å². The Hall–Kier alpha value is -2.37. The Morgan fingerprint density at radius 3 is 2.75 bits per heavy atom. The van der Waals surface area contributed by atoms with Crippen molar-refractivity contribution in [1.29, 1.82) is 0 Å². The van der Waals surface area contributed by atoms with Crippen molar-refractivity contribution in [3.05, 3.63) is 52.3 Å².